The largest absolute Gasteiger partial charge is 0.309 e. The third-order valence-electron chi connectivity index (χ3n) is 3.94. The van der Waals surface area contributed by atoms with Crippen molar-refractivity contribution in [2.75, 3.05) is 19.6 Å². The van der Waals surface area contributed by atoms with Crippen molar-refractivity contribution in [3.05, 3.63) is 35.6 Å². The summed E-state index contributed by atoms with van der Waals surface area (Å²) >= 11 is 0. The quantitative estimate of drug-likeness (QED) is 0.864. The van der Waals surface area contributed by atoms with Crippen LogP contribution in [0.5, 0.6) is 0 Å². The smallest absolute Gasteiger partial charge is 0.127 e. The van der Waals surface area contributed by atoms with Crippen LogP contribution in [0.25, 0.3) is 0 Å². The van der Waals surface area contributed by atoms with Crippen LogP contribution in [0.4, 0.5) is 4.39 Å². The van der Waals surface area contributed by atoms with Crippen LogP contribution in [0.1, 0.15) is 38.3 Å². The van der Waals surface area contributed by atoms with Gasteiger partial charge in [0, 0.05) is 24.2 Å². The van der Waals surface area contributed by atoms with E-state index in [0.29, 0.717) is 6.04 Å². The minimum Gasteiger partial charge on any atom is -0.309 e. The van der Waals surface area contributed by atoms with Gasteiger partial charge in [0.15, 0.2) is 0 Å². The Morgan fingerprint density at radius 3 is 2.94 bits per heavy atom. The molecule has 1 heterocycles. The highest BCUT2D eigenvalue weighted by Crippen LogP contribution is 2.19. The fraction of sp³-hybridized carbons (Fsp3) is 0.600. The molecule has 1 aliphatic rings. The van der Waals surface area contributed by atoms with Gasteiger partial charge < -0.3 is 5.32 Å². The number of halogens is 1. The van der Waals surface area contributed by atoms with E-state index in [9.17, 15) is 4.39 Å². The first-order valence-corrected chi connectivity index (χ1v) is 6.94. The van der Waals surface area contributed by atoms with Crippen LogP contribution >= 0.6 is 0 Å². The van der Waals surface area contributed by atoms with Crippen LogP contribution < -0.4 is 5.32 Å². The summed E-state index contributed by atoms with van der Waals surface area (Å²) in [7, 11) is 0. The molecule has 2 rings (SSSR count). The molecule has 2 unspecified atom stereocenters. The van der Waals surface area contributed by atoms with Gasteiger partial charge in [-0.15, -0.1) is 0 Å². The van der Waals surface area contributed by atoms with Crippen molar-refractivity contribution < 1.29 is 4.39 Å². The maximum Gasteiger partial charge on any atom is 0.127 e. The summed E-state index contributed by atoms with van der Waals surface area (Å²) < 4.78 is 13.6. The number of benzene rings is 1. The van der Waals surface area contributed by atoms with Crippen molar-refractivity contribution in [3.8, 4) is 0 Å². The van der Waals surface area contributed by atoms with Gasteiger partial charge in [-0.2, -0.15) is 0 Å². The predicted octanol–water partition coefficient (Wildman–Crippen LogP) is 2.96. The molecule has 0 amide bonds. The first kappa shape index (κ1) is 13.5. The molecule has 0 saturated carbocycles. The van der Waals surface area contributed by atoms with Crippen molar-refractivity contribution >= 4 is 0 Å². The molecule has 1 N–H and O–H groups in total. The van der Waals surface area contributed by atoms with E-state index in [4.69, 9.17) is 0 Å². The van der Waals surface area contributed by atoms with Gasteiger partial charge in [-0.1, -0.05) is 25.1 Å². The lowest BCUT2D eigenvalue weighted by Gasteiger charge is -2.25. The second-order valence-corrected chi connectivity index (χ2v) is 5.08. The summed E-state index contributed by atoms with van der Waals surface area (Å²) in [5.74, 6) is -0.115. The lowest BCUT2D eigenvalue weighted by molar-refractivity contribution is 0.255. The number of likely N-dealkylation sites (tertiary alicyclic amines) is 1. The zero-order valence-electron chi connectivity index (χ0n) is 11.3. The molecule has 0 aliphatic carbocycles. The lowest BCUT2D eigenvalue weighted by atomic mass is 10.1. The van der Waals surface area contributed by atoms with Gasteiger partial charge in [-0.3, -0.25) is 4.90 Å². The van der Waals surface area contributed by atoms with Gasteiger partial charge in [0.25, 0.3) is 0 Å². The summed E-state index contributed by atoms with van der Waals surface area (Å²) in [6, 6.07) is 7.71. The van der Waals surface area contributed by atoms with Gasteiger partial charge in [0.1, 0.15) is 5.82 Å². The number of nitrogens with zero attached hydrogens (tertiary/aromatic N) is 1. The van der Waals surface area contributed by atoms with E-state index >= 15 is 0 Å². The van der Waals surface area contributed by atoms with Crippen molar-refractivity contribution in [2.24, 2.45) is 0 Å². The Morgan fingerprint density at radius 2 is 2.22 bits per heavy atom. The van der Waals surface area contributed by atoms with Crippen LogP contribution in [0.3, 0.4) is 0 Å². The van der Waals surface area contributed by atoms with Crippen LogP contribution in [0.2, 0.25) is 0 Å². The Balaban J connectivity index is 1.88. The maximum atomic E-state index is 13.6. The molecule has 0 bridgehead atoms. The molecule has 18 heavy (non-hydrogen) atoms. The third kappa shape index (κ3) is 3.09. The van der Waals surface area contributed by atoms with E-state index in [1.165, 1.54) is 25.5 Å². The minimum absolute atomic E-state index is 0.0745. The topological polar surface area (TPSA) is 15.3 Å². The number of hydrogen-bond acceptors (Lipinski definition) is 2. The number of nitrogens with one attached hydrogen (secondary N) is 1. The molecule has 1 aromatic rings. The maximum absolute atomic E-state index is 13.6. The average Bonchev–Trinajstić information content (AvgIpc) is 2.84. The standard InChI is InChI=1S/C15H23FN2/c1-3-18-10-6-7-13(18)11-17-12(2)14-8-4-5-9-15(14)16/h4-5,8-9,12-13,17H,3,6-7,10-11H2,1-2H3. The lowest BCUT2D eigenvalue weighted by Crippen LogP contribution is -2.38. The Labute approximate surface area is 109 Å². The van der Waals surface area contributed by atoms with E-state index in [1.54, 1.807) is 6.07 Å². The fourth-order valence-electron chi connectivity index (χ4n) is 2.79. The number of rotatable bonds is 5. The zero-order chi connectivity index (χ0) is 13.0. The van der Waals surface area contributed by atoms with Crippen LogP contribution in [-0.2, 0) is 0 Å². The molecule has 2 atom stereocenters. The molecule has 0 aromatic heterocycles. The van der Waals surface area contributed by atoms with Crippen molar-refractivity contribution in [2.45, 2.75) is 38.8 Å². The molecular weight excluding hydrogens is 227 g/mol. The number of likely N-dealkylation sites (N-methyl/N-ethyl adjacent to an activating group) is 1. The SMILES string of the molecule is CCN1CCCC1CNC(C)c1ccccc1F. The monoisotopic (exact) mass is 250 g/mol. The van der Waals surface area contributed by atoms with Gasteiger partial charge >= 0.3 is 0 Å². The summed E-state index contributed by atoms with van der Waals surface area (Å²) in [5.41, 5.74) is 0.763. The molecule has 1 aliphatic heterocycles. The molecule has 3 heteroatoms. The van der Waals surface area contributed by atoms with E-state index < -0.39 is 0 Å². The van der Waals surface area contributed by atoms with E-state index in [0.717, 1.165) is 18.7 Å². The summed E-state index contributed by atoms with van der Waals surface area (Å²) in [4.78, 5) is 2.50. The Kier molecular flexibility index (Phi) is 4.72. The molecule has 0 radical (unpaired) electrons. The van der Waals surface area contributed by atoms with Gasteiger partial charge in [-0.25, -0.2) is 4.39 Å². The summed E-state index contributed by atoms with van der Waals surface area (Å²) in [6.45, 7) is 7.50. The van der Waals surface area contributed by atoms with Gasteiger partial charge in [0.05, 0.1) is 0 Å². The van der Waals surface area contributed by atoms with Crippen LogP contribution in [0, 0.1) is 5.82 Å². The summed E-state index contributed by atoms with van der Waals surface area (Å²) in [5, 5.41) is 3.46. The van der Waals surface area contributed by atoms with Gasteiger partial charge in [-0.05, 0) is 38.9 Å². The van der Waals surface area contributed by atoms with Crippen LogP contribution in [0.15, 0.2) is 24.3 Å². The second-order valence-electron chi connectivity index (χ2n) is 5.08. The molecule has 1 aromatic carbocycles. The zero-order valence-corrected chi connectivity index (χ0v) is 11.3. The Morgan fingerprint density at radius 1 is 1.44 bits per heavy atom. The molecule has 0 spiro atoms. The van der Waals surface area contributed by atoms with E-state index in [-0.39, 0.29) is 11.9 Å². The Hall–Kier alpha value is -0.930. The highest BCUT2D eigenvalue weighted by molar-refractivity contribution is 5.20. The molecular formula is C15H23FN2. The van der Waals surface area contributed by atoms with Crippen molar-refractivity contribution in [1.82, 2.24) is 10.2 Å². The Bertz CT molecular complexity index is 381. The van der Waals surface area contributed by atoms with E-state index in [2.05, 4.69) is 17.1 Å². The van der Waals surface area contributed by atoms with E-state index in [1.807, 2.05) is 19.1 Å². The molecule has 1 fully saturated rings. The highest BCUT2D eigenvalue weighted by atomic mass is 19.1. The normalized spacial score (nSPS) is 22.3. The van der Waals surface area contributed by atoms with Crippen LogP contribution in [-0.4, -0.2) is 30.6 Å². The summed E-state index contributed by atoms with van der Waals surface area (Å²) in [6.07, 6.45) is 2.54. The minimum atomic E-state index is -0.115. The first-order chi connectivity index (χ1) is 8.72. The predicted molar refractivity (Wildman–Crippen MR) is 73.1 cm³/mol. The second kappa shape index (κ2) is 6.30. The highest BCUT2D eigenvalue weighted by Gasteiger charge is 2.23. The fourth-order valence-corrected chi connectivity index (χ4v) is 2.79. The van der Waals surface area contributed by atoms with Gasteiger partial charge in [0.2, 0.25) is 0 Å². The molecule has 100 valence electrons. The molecule has 2 nitrogen and oxygen atoms in total. The first-order valence-electron chi connectivity index (χ1n) is 6.94. The average molecular weight is 250 g/mol. The third-order valence-corrected chi connectivity index (χ3v) is 3.94. The number of hydrogen-bond donors (Lipinski definition) is 1. The molecule has 1 saturated heterocycles. The van der Waals surface area contributed by atoms with Crippen molar-refractivity contribution in [3.63, 3.8) is 0 Å². The van der Waals surface area contributed by atoms with Crippen molar-refractivity contribution in [1.29, 1.82) is 0 Å².